The van der Waals surface area contributed by atoms with Gasteiger partial charge < -0.3 is 5.32 Å². The first-order valence-corrected chi connectivity index (χ1v) is 7.42. The fourth-order valence-corrected chi connectivity index (χ4v) is 2.93. The van der Waals surface area contributed by atoms with E-state index in [1.165, 1.54) is 12.1 Å². The summed E-state index contributed by atoms with van der Waals surface area (Å²) in [5.41, 5.74) is 2.04. The summed E-state index contributed by atoms with van der Waals surface area (Å²) in [4.78, 5) is 0. The Labute approximate surface area is 127 Å². The largest absolute Gasteiger partial charge is 0.310 e. The zero-order valence-electron chi connectivity index (χ0n) is 11.5. The third-order valence-electron chi connectivity index (χ3n) is 4.04. The first-order chi connectivity index (χ1) is 10.1. The van der Waals surface area contributed by atoms with Crippen molar-refractivity contribution in [2.75, 3.05) is 0 Å². The van der Waals surface area contributed by atoms with E-state index in [1.54, 1.807) is 24.3 Å². The van der Waals surface area contributed by atoms with Crippen molar-refractivity contribution in [2.45, 2.75) is 31.3 Å². The normalized spacial score (nSPS) is 21.1. The Morgan fingerprint density at radius 3 is 2.62 bits per heavy atom. The Morgan fingerprint density at radius 1 is 1.10 bits per heavy atom. The molecule has 1 saturated carbocycles. The van der Waals surface area contributed by atoms with Gasteiger partial charge in [-0.2, -0.15) is 0 Å². The monoisotopic (exact) mass is 307 g/mol. The van der Waals surface area contributed by atoms with Gasteiger partial charge in [0.2, 0.25) is 0 Å². The molecule has 0 heterocycles. The van der Waals surface area contributed by atoms with Crippen molar-refractivity contribution in [2.24, 2.45) is 0 Å². The van der Waals surface area contributed by atoms with E-state index in [2.05, 4.69) is 5.32 Å². The predicted molar refractivity (Wildman–Crippen MR) is 80.4 cm³/mol. The Bertz CT molecular complexity index is 638. The number of halogens is 3. The van der Waals surface area contributed by atoms with Crippen molar-refractivity contribution < 1.29 is 8.78 Å². The maximum absolute atomic E-state index is 13.2. The molecule has 2 aromatic carbocycles. The summed E-state index contributed by atoms with van der Waals surface area (Å²) >= 11 is 5.76. The molecule has 1 aliphatic carbocycles. The van der Waals surface area contributed by atoms with Crippen LogP contribution >= 0.6 is 11.6 Å². The molecule has 0 unspecified atom stereocenters. The summed E-state index contributed by atoms with van der Waals surface area (Å²) in [6.45, 7) is 0.667. The van der Waals surface area contributed by atoms with Crippen molar-refractivity contribution in [3.8, 4) is 0 Å². The average Bonchev–Trinajstić information content (AvgIpc) is 2.41. The van der Waals surface area contributed by atoms with Gasteiger partial charge in [-0.05, 0) is 54.2 Å². The van der Waals surface area contributed by atoms with Gasteiger partial charge >= 0.3 is 0 Å². The van der Waals surface area contributed by atoms with E-state index >= 15 is 0 Å². The van der Waals surface area contributed by atoms with Gasteiger partial charge in [0.1, 0.15) is 11.6 Å². The van der Waals surface area contributed by atoms with Crippen molar-refractivity contribution in [3.05, 3.63) is 70.2 Å². The molecular weight excluding hydrogens is 292 g/mol. The van der Waals surface area contributed by atoms with Gasteiger partial charge in [0, 0.05) is 12.6 Å². The van der Waals surface area contributed by atoms with Gasteiger partial charge in [0.05, 0.1) is 5.02 Å². The summed E-state index contributed by atoms with van der Waals surface area (Å²) in [6, 6.07) is 12.0. The van der Waals surface area contributed by atoms with Crippen molar-refractivity contribution in [3.63, 3.8) is 0 Å². The van der Waals surface area contributed by atoms with Crippen LogP contribution < -0.4 is 5.32 Å². The fourth-order valence-electron chi connectivity index (χ4n) is 2.73. The second-order valence-corrected chi connectivity index (χ2v) is 5.96. The lowest BCUT2D eigenvalue weighted by Gasteiger charge is -2.36. The zero-order valence-corrected chi connectivity index (χ0v) is 12.2. The topological polar surface area (TPSA) is 12.0 Å². The third kappa shape index (κ3) is 3.42. The lowest BCUT2D eigenvalue weighted by Crippen LogP contribution is -2.39. The van der Waals surface area contributed by atoms with Crippen LogP contribution in [0.4, 0.5) is 8.78 Å². The summed E-state index contributed by atoms with van der Waals surface area (Å²) in [7, 11) is 0. The molecule has 1 nitrogen and oxygen atoms in total. The smallest absolute Gasteiger partial charge is 0.141 e. The van der Waals surface area contributed by atoms with Crippen LogP contribution in [-0.2, 0) is 6.54 Å². The number of hydrogen-bond acceptors (Lipinski definition) is 1. The maximum atomic E-state index is 13.2. The Kier molecular flexibility index (Phi) is 4.22. The van der Waals surface area contributed by atoms with Crippen LogP contribution in [0, 0.1) is 11.6 Å². The number of benzene rings is 2. The molecule has 0 aromatic heterocycles. The number of rotatable bonds is 4. The Hall–Kier alpha value is -1.45. The molecule has 1 N–H and O–H groups in total. The molecule has 110 valence electrons. The third-order valence-corrected chi connectivity index (χ3v) is 4.33. The molecule has 1 aliphatic rings. The molecule has 0 radical (unpaired) electrons. The molecule has 0 spiro atoms. The van der Waals surface area contributed by atoms with Crippen LogP contribution in [-0.4, -0.2) is 6.04 Å². The van der Waals surface area contributed by atoms with E-state index in [9.17, 15) is 8.78 Å². The van der Waals surface area contributed by atoms with Crippen molar-refractivity contribution >= 4 is 11.6 Å². The average molecular weight is 308 g/mol. The molecule has 4 heteroatoms. The van der Waals surface area contributed by atoms with Crippen LogP contribution in [0.15, 0.2) is 42.5 Å². The van der Waals surface area contributed by atoms with Crippen molar-refractivity contribution in [1.29, 1.82) is 0 Å². The number of hydrogen-bond donors (Lipinski definition) is 1. The lowest BCUT2D eigenvalue weighted by molar-refractivity contribution is 0.289. The molecule has 1 fully saturated rings. The Morgan fingerprint density at radius 2 is 1.90 bits per heavy atom. The molecule has 2 aromatic rings. The highest BCUT2D eigenvalue weighted by molar-refractivity contribution is 6.30. The van der Waals surface area contributed by atoms with Gasteiger partial charge in [0.25, 0.3) is 0 Å². The minimum absolute atomic E-state index is 0.153. The molecule has 21 heavy (non-hydrogen) atoms. The van der Waals surface area contributed by atoms with Gasteiger partial charge in [0.15, 0.2) is 0 Å². The van der Waals surface area contributed by atoms with Gasteiger partial charge in [-0.15, -0.1) is 0 Å². The molecular formula is C17H16ClF2N. The quantitative estimate of drug-likeness (QED) is 0.866. The first-order valence-electron chi connectivity index (χ1n) is 7.04. The predicted octanol–water partition coefficient (Wildman–Crippen LogP) is 4.65. The molecule has 0 amide bonds. The minimum Gasteiger partial charge on any atom is -0.310 e. The second-order valence-electron chi connectivity index (χ2n) is 5.55. The summed E-state index contributed by atoms with van der Waals surface area (Å²) in [5, 5.41) is 3.57. The highest BCUT2D eigenvalue weighted by Crippen LogP contribution is 2.37. The van der Waals surface area contributed by atoms with Gasteiger partial charge in [-0.25, -0.2) is 8.78 Å². The van der Waals surface area contributed by atoms with Gasteiger partial charge in [-0.1, -0.05) is 29.8 Å². The highest BCUT2D eigenvalue weighted by Gasteiger charge is 2.29. The summed E-state index contributed by atoms with van der Waals surface area (Å²) in [5.74, 6) is -0.143. The molecule has 3 rings (SSSR count). The fraction of sp³-hybridized carbons (Fsp3) is 0.294. The van der Waals surface area contributed by atoms with Crippen molar-refractivity contribution in [1.82, 2.24) is 5.32 Å². The summed E-state index contributed by atoms with van der Waals surface area (Å²) < 4.78 is 26.2. The van der Waals surface area contributed by atoms with Crippen LogP contribution in [0.3, 0.4) is 0 Å². The molecule has 0 atom stereocenters. The lowest BCUT2D eigenvalue weighted by atomic mass is 9.76. The van der Waals surface area contributed by atoms with E-state index in [4.69, 9.17) is 11.6 Å². The standard InChI is InChI=1S/C17H16ClF2N/c18-16-6-11(4-5-17(16)20)10-21-15-8-13(9-15)12-2-1-3-14(19)7-12/h1-7,13,15,21H,8-10H2. The Balaban J connectivity index is 1.50. The first kappa shape index (κ1) is 14.5. The number of nitrogens with one attached hydrogen (secondary N) is 1. The van der Waals surface area contributed by atoms with Crippen LogP contribution in [0.25, 0.3) is 0 Å². The summed E-state index contributed by atoms with van der Waals surface area (Å²) in [6.07, 6.45) is 2.00. The van der Waals surface area contributed by atoms with E-state index in [0.717, 1.165) is 24.0 Å². The van der Waals surface area contributed by atoms with E-state index in [1.807, 2.05) is 6.07 Å². The van der Waals surface area contributed by atoms with Crippen LogP contribution in [0.2, 0.25) is 5.02 Å². The molecule has 0 bridgehead atoms. The molecule has 0 aliphatic heterocycles. The maximum Gasteiger partial charge on any atom is 0.141 e. The minimum atomic E-state index is -0.393. The second kappa shape index (κ2) is 6.12. The van der Waals surface area contributed by atoms with Gasteiger partial charge in [-0.3, -0.25) is 0 Å². The van der Waals surface area contributed by atoms with E-state index < -0.39 is 5.82 Å². The van der Waals surface area contributed by atoms with Crippen LogP contribution in [0.5, 0.6) is 0 Å². The van der Waals surface area contributed by atoms with Crippen LogP contribution in [0.1, 0.15) is 29.9 Å². The molecule has 0 saturated heterocycles. The SMILES string of the molecule is Fc1cccc(C2CC(NCc3ccc(F)c(Cl)c3)C2)c1. The zero-order chi connectivity index (χ0) is 14.8. The van der Waals surface area contributed by atoms with E-state index in [-0.39, 0.29) is 10.8 Å². The van der Waals surface area contributed by atoms with E-state index in [0.29, 0.717) is 18.5 Å². The highest BCUT2D eigenvalue weighted by atomic mass is 35.5.